The van der Waals surface area contributed by atoms with Gasteiger partial charge in [-0.15, -0.1) is 16.2 Å². The first-order valence-electron chi connectivity index (χ1n) is 10.9. The summed E-state index contributed by atoms with van der Waals surface area (Å²) in [6.45, 7) is 0. The van der Waals surface area contributed by atoms with Crippen LogP contribution in [0.25, 0.3) is 33.0 Å². The Kier molecular flexibility index (Phi) is 6.12. The highest BCUT2D eigenvalue weighted by molar-refractivity contribution is 7.88. The molecule has 2 heterocycles. The molecule has 2 aromatic carbocycles. The SMILES string of the molecule is COc1c(-c2ccc3c(c2)C(NNS(C)(=O)=O)=CC3)cc(-n2ccc(=O)[nH]c2=O)cc1-c1cccs1. The van der Waals surface area contributed by atoms with E-state index in [-0.39, 0.29) is 0 Å². The highest BCUT2D eigenvalue weighted by atomic mass is 32.2. The van der Waals surface area contributed by atoms with Crippen LogP contribution in [0.2, 0.25) is 0 Å². The molecule has 0 unspecified atom stereocenters. The summed E-state index contributed by atoms with van der Waals surface area (Å²) in [5.41, 5.74) is 7.22. The lowest BCUT2D eigenvalue weighted by Crippen LogP contribution is -2.34. The first-order chi connectivity index (χ1) is 17.2. The monoisotopic (exact) mass is 522 g/mol. The molecule has 0 saturated carbocycles. The molecular weight excluding hydrogens is 500 g/mol. The summed E-state index contributed by atoms with van der Waals surface area (Å²) in [5.74, 6) is 0.629. The summed E-state index contributed by atoms with van der Waals surface area (Å²) >= 11 is 1.54. The fourth-order valence-corrected chi connectivity index (χ4v) is 5.22. The van der Waals surface area contributed by atoms with Crippen LogP contribution in [-0.2, 0) is 16.4 Å². The second-order valence-corrected chi connectivity index (χ2v) is 10.9. The number of hydrogen-bond acceptors (Lipinski definition) is 7. The molecule has 0 aliphatic heterocycles. The molecule has 0 fully saturated rings. The molecule has 11 heteroatoms. The second kappa shape index (κ2) is 9.26. The highest BCUT2D eigenvalue weighted by Crippen LogP contribution is 2.43. The summed E-state index contributed by atoms with van der Waals surface area (Å²) in [6, 6.07) is 14.8. The fraction of sp³-hybridized carbons (Fsp3) is 0.120. The number of aromatic nitrogens is 2. The van der Waals surface area contributed by atoms with E-state index in [2.05, 4.69) is 15.2 Å². The van der Waals surface area contributed by atoms with Crippen molar-refractivity contribution in [3.05, 3.63) is 98.1 Å². The van der Waals surface area contributed by atoms with Gasteiger partial charge < -0.3 is 10.2 Å². The van der Waals surface area contributed by atoms with Crippen LogP contribution in [0.4, 0.5) is 0 Å². The van der Waals surface area contributed by atoms with E-state index in [0.29, 0.717) is 23.6 Å². The lowest BCUT2D eigenvalue weighted by Gasteiger charge is -2.18. The van der Waals surface area contributed by atoms with Crippen molar-refractivity contribution in [2.24, 2.45) is 0 Å². The molecule has 0 atom stereocenters. The Morgan fingerprint density at radius 2 is 1.86 bits per heavy atom. The van der Waals surface area contributed by atoms with Gasteiger partial charge in [-0.2, -0.15) is 0 Å². The Morgan fingerprint density at radius 3 is 2.56 bits per heavy atom. The first-order valence-corrected chi connectivity index (χ1v) is 13.7. The average Bonchev–Trinajstić information content (AvgIpc) is 3.51. The van der Waals surface area contributed by atoms with Gasteiger partial charge in [0.15, 0.2) is 0 Å². The molecule has 9 nitrogen and oxygen atoms in total. The Morgan fingerprint density at radius 1 is 1.06 bits per heavy atom. The minimum Gasteiger partial charge on any atom is -0.495 e. The zero-order valence-corrected chi connectivity index (χ0v) is 21.0. The number of nitrogens with one attached hydrogen (secondary N) is 3. The average molecular weight is 523 g/mol. The lowest BCUT2D eigenvalue weighted by molar-refractivity contribution is 0.418. The van der Waals surface area contributed by atoms with E-state index in [4.69, 9.17) is 4.74 Å². The minimum atomic E-state index is -3.44. The molecule has 3 N–H and O–H groups in total. The van der Waals surface area contributed by atoms with Gasteiger partial charge in [-0.3, -0.25) is 14.3 Å². The smallest absolute Gasteiger partial charge is 0.332 e. The Bertz CT molecular complexity index is 1720. The zero-order chi connectivity index (χ0) is 25.4. The van der Waals surface area contributed by atoms with E-state index in [9.17, 15) is 18.0 Å². The molecule has 184 valence electrons. The lowest BCUT2D eigenvalue weighted by atomic mass is 9.96. The van der Waals surface area contributed by atoms with Crippen LogP contribution >= 0.6 is 11.3 Å². The van der Waals surface area contributed by atoms with Gasteiger partial charge in [0.1, 0.15) is 5.75 Å². The van der Waals surface area contributed by atoms with E-state index >= 15 is 0 Å². The van der Waals surface area contributed by atoms with Crippen molar-refractivity contribution < 1.29 is 13.2 Å². The summed E-state index contributed by atoms with van der Waals surface area (Å²) < 4.78 is 30.4. The van der Waals surface area contributed by atoms with E-state index < -0.39 is 21.3 Å². The first kappa shape index (κ1) is 23.8. The van der Waals surface area contributed by atoms with Gasteiger partial charge in [-0.1, -0.05) is 24.3 Å². The van der Waals surface area contributed by atoms with Crippen LogP contribution in [0.5, 0.6) is 5.75 Å². The van der Waals surface area contributed by atoms with Gasteiger partial charge in [-0.25, -0.2) is 13.2 Å². The Balaban J connectivity index is 1.69. The molecule has 4 aromatic rings. The number of hydrogen-bond donors (Lipinski definition) is 3. The maximum absolute atomic E-state index is 12.6. The number of H-pyrrole nitrogens is 1. The van der Waals surface area contributed by atoms with Gasteiger partial charge in [0.25, 0.3) is 5.56 Å². The standard InChI is InChI=1S/C25H22N4O5S2/c1-34-24-19(16-6-5-15-7-8-21(18(15)12-16)27-28-36(2,32)33)13-17(14-20(24)22-4-3-11-35-22)29-10-9-23(30)26-25(29)31/h3-6,8-14,27-28H,7H2,1-2H3,(H,26,30,31). The van der Waals surface area contributed by atoms with E-state index in [1.165, 1.54) is 28.2 Å². The van der Waals surface area contributed by atoms with Crippen LogP contribution in [0.1, 0.15) is 11.1 Å². The number of benzene rings is 2. The molecule has 0 bridgehead atoms. The number of aromatic amines is 1. The van der Waals surface area contributed by atoms with Crippen LogP contribution in [0.3, 0.4) is 0 Å². The molecule has 36 heavy (non-hydrogen) atoms. The van der Waals surface area contributed by atoms with Crippen LogP contribution in [0.15, 0.2) is 75.8 Å². The Hall–Kier alpha value is -3.93. The van der Waals surface area contributed by atoms with Crippen LogP contribution in [0, 0.1) is 0 Å². The number of fused-ring (bicyclic) bond motifs is 1. The molecule has 5 rings (SSSR count). The number of methoxy groups -OCH3 is 1. The largest absolute Gasteiger partial charge is 0.495 e. The maximum Gasteiger partial charge on any atom is 0.332 e. The number of nitrogens with zero attached hydrogens (tertiary/aromatic N) is 1. The van der Waals surface area contributed by atoms with Crippen molar-refractivity contribution in [3.8, 4) is 33.0 Å². The number of rotatable bonds is 7. The van der Waals surface area contributed by atoms with Gasteiger partial charge in [0.05, 0.1) is 24.7 Å². The maximum atomic E-state index is 12.6. The number of ether oxygens (including phenoxy) is 1. The Labute approximate surface area is 210 Å². The molecule has 0 radical (unpaired) electrons. The van der Waals surface area contributed by atoms with Crippen LogP contribution in [-0.4, -0.2) is 31.3 Å². The van der Waals surface area contributed by atoms with Gasteiger partial charge in [-0.05, 0) is 47.2 Å². The fourth-order valence-electron chi connectivity index (χ4n) is 4.18. The third-order valence-corrected chi connectivity index (χ3v) is 7.15. The van der Waals surface area contributed by atoms with Crippen LogP contribution < -0.4 is 26.2 Å². The molecule has 0 saturated heterocycles. The van der Waals surface area contributed by atoms with Gasteiger partial charge in [0.2, 0.25) is 10.0 Å². The van der Waals surface area contributed by atoms with Crippen molar-refractivity contribution >= 4 is 27.1 Å². The van der Waals surface area contributed by atoms with E-state index in [1.54, 1.807) is 7.11 Å². The quantitative estimate of drug-likeness (QED) is 0.321. The summed E-state index contributed by atoms with van der Waals surface area (Å²) in [4.78, 5) is 29.8. The van der Waals surface area contributed by atoms with Gasteiger partial charge in [0, 0.05) is 33.8 Å². The molecule has 1 aliphatic carbocycles. The highest BCUT2D eigenvalue weighted by Gasteiger charge is 2.20. The van der Waals surface area contributed by atoms with Crippen molar-refractivity contribution in [2.75, 3.05) is 13.4 Å². The number of sulfonamides is 1. The van der Waals surface area contributed by atoms with Crippen molar-refractivity contribution in [3.63, 3.8) is 0 Å². The second-order valence-electron chi connectivity index (χ2n) is 8.22. The predicted octanol–water partition coefficient (Wildman–Crippen LogP) is 2.88. The van der Waals surface area contributed by atoms with E-state index in [1.807, 2.05) is 53.9 Å². The molecule has 0 amide bonds. The molecule has 0 spiro atoms. The normalized spacial score (nSPS) is 12.8. The molecular formula is C25H22N4O5S2. The summed E-state index contributed by atoms with van der Waals surface area (Å²) in [7, 11) is -1.84. The van der Waals surface area contributed by atoms with E-state index in [0.717, 1.165) is 39.0 Å². The van der Waals surface area contributed by atoms with Crippen molar-refractivity contribution in [1.82, 2.24) is 19.8 Å². The topological polar surface area (TPSA) is 122 Å². The van der Waals surface area contributed by atoms with Crippen molar-refractivity contribution in [1.29, 1.82) is 0 Å². The molecule has 1 aliphatic rings. The minimum absolute atomic E-state index is 0.475. The summed E-state index contributed by atoms with van der Waals surface area (Å²) in [6.07, 6.45) is 5.09. The predicted molar refractivity (Wildman–Crippen MR) is 141 cm³/mol. The van der Waals surface area contributed by atoms with Crippen molar-refractivity contribution in [2.45, 2.75) is 6.42 Å². The zero-order valence-electron chi connectivity index (χ0n) is 19.4. The number of hydrazine groups is 1. The number of allylic oxidation sites excluding steroid dienone is 1. The third kappa shape index (κ3) is 4.63. The summed E-state index contributed by atoms with van der Waals surface area (Å²) in [5, 5.41) is 1.96. The van der Waals surface area contributed by atoms with Gasteiger partial charge >= 0.3 is 5.69 Å². The number of thiophene rings is 1. The third-order valence-electron chi connectivity index (χ3n) is 5.77. The molecule has 2 aromatic heterocycles.